The van der Waals surface area contributed by atoms with Crippen molar-refractivity contribution in [3.63, 3.8) is 0 Å². The van der Waals surface area contributed by atoms with Crippen molar-refractivity contribution >= 4 is 23.4 Å². The highest BCUT2D eigenvalue weighted by Crippen LogP contribution is 2.26. The molecule has 0 spiro atoms. The normalized spacial score (nSPS) is 11.5. The van der Waals surface area contributed by atoms with Gasteiger partial charge in [-0.1, -0.05) is 42.1 Å². The predicted octanol–water partition coefficient (Wildman–Crippen LogP) is 3.87. The van der Waals surface area contributed by atoms with Crippen molar-refractivity contribution in [2.24, 2.45) is 0 Å². The Kier molecular flexibility index (Phi) is 7.51. The smallest absolute Gasteiger partial charge is 0.251 e. The van der Waals surface area contributed by atoms with E-state index in [1.54, 1.807) is 19.1 Å². The molecule has 1 atom stereocenters. The SMILES string of the molecule is CCOc1ccccc1NC(=O)C(C)Sc1nc(COc2ccccc2)cc(=O)[nH]1. The Morgan fingerprint density at radius 2 is 1.87 bits per heavy atom. The molecule has 1 aromatic heterocycles. The molecule has 8 heteroatoms. The van der Waals surface area contributed by atoms with E-state index in [4.69, 9.17) is 9.47 Å². The van der Waals surface area contributed by atoms with E-state index < -0.39 is 5.25 Å². The van der Waals surface area contributed by atoms with Crippen LogP contribution in [0, 0.1) is 0 Å². The summed E-state index contributed by atoms with van der Waals surface area (Å²) < 4.78 is 11.2. The second-order valence-corrected chi connectivity index (χ2v) is 7.65. The number of anilines is 1. The largest absolute Gasteiger partial charge is 0.492 e. The van der Waals surface area contributed by atoms with Gasteiger partial charge in [-0.2, -0.15) is 0 Å². The summed E-state index contributed by atoms with van der Waals surface area (Å²) in [6.07, 6.45) is 0. The first-order valence-corrected chi connectivity index (χ1v) is 10.4. The third-order valence-corrected chi connectivity index (χ3v) is 4.99. The zero-order valence-corrected chi connectivity index (χ0v) is 17.6. The van der Waals surface area contributed by atoms with Crippen LogP contribution in [0.25, 0.3) is 0 Å². The number of ether oxygens (including phenoxy) is 2. The number of aromatic amines is 1. The number of aromatic nitrogens is 2. The highest BCUT2D eigenvalue weighted by atomic mass is 32.2. The number of nitrogens with one attached hydrogen (secondary N) is 2. The number of hydrogen-bond acceptors (Lipinski definition) is 6. The zero-order valence-electron chi connectivity index (χ0n) is 16.8. The molecule has 1 unspecified atom stereocenters. The summed E-state index contributed by atoms with van der Waals surface area (Å²) >= 11 is 1.17. The van der Waals surface area contributed by atoms with Crippen LogP contribution in [0.15, 0.2) is 70.6 Å². The molecular weight excluding hydrogens is 402 g/mol. The highest BCUT2D eigenvalue weighted by molar-refractivity contribution is 8.00. The molecule has 0 aliphatic carbocycles. The predicted molar refractivity (Wildman–Crippen MR) is 117 cm³/mol. The average molecular weight is 426 g/mol. The maximum atomic E-state index is 12.6. The average Bonchev–Trinajstić information content (AvgIpc) is 2.74. The summed E-state index contributed by atoms with van der Waals surface area (Å²) in [6, 6.07) is 17.9. The Bertz CT molecular complexity index is 1040. The number of thioether (sulfide) groups is 1. The summed E-state index contributed by atoms with van der Waals surface area (Å²) in [5, 5.41) is 2.73. The first-order valence-electron chi connectivity index (χ1n) is 9.52. The number of benzene rings is 2. The molecule has 2 N–H and O–H groups in total. The molecule has 0 bridgehead atoms. The Morgan fingerprint density at radius 3 is 2.63 bits per heavy atom. The van der Waals surface area contributed by atoms with Crippen LogP contribution < -0.4 is 20.3 Å². The molecule has 7 nitrogen and oxygen atoms in total. The number of carbonyl (C=O) groups excluding carboxylic acids is 1. The minimum absolute atomic E-state index is 0.157. The lowest BCUT2D eigenvalue weighted by molar-refractivity contribution is -0.115. The van der Waals surface area contributed by atoms with Gasteiger partial charge in [-0.15, -0.1) is 0 Å². The Balaban J connectivity index is 1.64. The molecular formula is C22H23N3O4S. The van der Waals surface area contributed by atoms with Crippen LogP contribution in [0.3, 0.4) is 0 Å². The Hall–Kier alpha value is -3.26. The van der Waals surface area contributed by atoms with Gasteiger partial charge >= 0.3 is 0 Å². The third kappa shape index (κ3) is 6.12. The molecule has 0 saturated heterocycles. The lowest BCUT2D eigenvalue weighted by Crippen LogP contribution is -2.23. The molecule has 0 aliphatic heterocycles. The van der Waals surface area contributed by atoms with Gasteiger partial charge in [-0.05, 0) is 38.1 Å². The van der Waals surface area contributed by atoms with Gasteiger partial charge in [0.05, 0.1) is 23.2 Å². The standard InChI is InChI=1S/C22H23N3O4S/c1-3-28-19-12-8-7-11-18(19)24-21(27)15(2)30-22-23-16(13-20(26)25-22)14-29-17-9-5-4-6-10-17/h4-13,15H,3,14H2,1-2H3,(H,24,27)(H,23,25,26). The number of nitrogens with zero attached hydrogens (tertiary/aromatic N) is 1. The molecule has 1 amide bonds. The van der Waals surface area contributed by atoms with E-state index in [9.17, 15) is 9.59 Å². The zero-order chi connectivity index (χ0) is 21.3. The van der Waals surface area contributed by atoms with E-state index in [2.05, 4.69) is 15.3 Å². The topological polar surface area (TPSA) is 93.3 Å². The molecule has 1 heterocycles. The number of rotatable bonds is 9. The highest BCUT2D eigenvalue weighted by Gasteiger charge is 2.18. The van der Waals surface area contributed by atoms with Gasteiger partial charge < -0.3 is 19.8 Å². The number of carbonyl (C=O) groups is 1. The molecule has 3 aromatic rings. The van der Waals surface area contributed by atoms with Crippen molar-refractivity contribution in [3.8, 4) is 11.5 Å². The fraction of sp³-hybridized carbons (Fsp3) is 0.227. The molecule has 0 radical (unpaired) electrons. The fourth-order valence-corrected chi connectivity index (χ4v) is 3.42. The summed E-state index contributed by atoms with van der Waals surface area (Å²) in [4.78, 5) is 31.7. The van der Waals surface area contributed by atoms with Crippen molar-refractivity contribution in [3.05, 3.63) is 76.7 Å². The van der Waals surface area contributed by atoms with Crippen molar-refractivity contribution < 1.29 is 14.3 Å². The summed E-state index contributed by atoms with van der Waals surface area (Å²) in [5.41, 5.74) is 0.788. The first-order chi connectivity index (χ1) is 14.5. The van der Waals surface area contributed by atoms with Crippen LogP contribution in [-0.2, 0) is 11.4 Å². The summed E-state index contributed by atoms with van der Waals surface area (Å²) in [6.45, 7) is 4.29. The number of para-hydroxylation sites is 3. The van der Waals surface area contributed by atoms with Crippen LogP contribution in [0.5, 0.6) is 11.5 Å². The first kappa shape index (κ1) is 21.4. The van der Waals surface area contributed by atoms with E-state index in [1.165, 1.54) is 17.8 Å². The molecule has 2 aromatic carbocycles. The number of amides is 1. The van der Waals surface area contributed by atoms with Crippen molar-refractivity contribution in [1.29, 1.82) is 0 Å². The molecule has 30 heavy (non-hydrogen) atoms. The van der Waals surface area contributed by atoms with E-state index in [0.29, 0.717) is 34.6 Å². The van der Waals surface area contributed by atoms with Gasteiger partial charge in [0, 0.05) is 6.07 Å². The van der Waals surface area contributed by atoms with Crippen LogP contribution in [-0.4, -0.2) is 27.7 Å². The maximum absolute atomic E-state index is 12.6. The lowest BCUT2D eigenvalue weighted by Gasteiger charge is -2.14. The maximum Gasteiger partial charge on any atom is 0.251 e. The van der Waals surface area contributed by atoms with Crippen molar-refractivity contribution in [2.75, 3.05) is 11.9 Å². The summed E-state index contributed by atoms with van der Waals surface area (Å²) in [7, 11) is 0. The van der Waals surface area contributed by atoms with Gasteiger partial charge in [0.2, 0.25) is 5.91 Å². The lowest BCUT2D eigenvalue weighted by atomic mass is 10.3. The van der Waals surface area contributed by atoms with Crippen LogP contribution in [0.1, 0.15) is 19.5 Å². The second-order valence-electron chi connectivity index (χ2n) is 6.32. The third-order valence-electron chi connectivity index (χ3n) is 4.01. The van der Waals surface area contributed by atoms with E-state index in [-0.39, 0.29) is 18.1 Å². The molecule has 0 fully saturated rings. The molecule has 156 valence electrons. The monoisotopic (exact) mass is 425 g/mol. The number of hydrogen-bond donors (Lipinski definition) is 2. The van der Waals surface area contributed by atoms with Gasteiger partial charge in [0.15, 0.2) is 5.16 Å². The Labute approximate surface area is 178 Å². The van der Waals surface area contributed by atoms with Gasteiger partial charge in [-0.3, -0.25) is 9.59 Å². The Morgan fingerprint density at radius 1 is 1.13 bits per heavy atom. The quantitative estimate of drug-likeness (QED) is 0.399. The molecule has 0 aliphatic rings. The number of H-pyrrole nitrogens is 1. The van der Waals surface area contributed by atoms with Crippen LogP contribution in [0.2, 0.25) is 0 Å². The van der Waals surface area contributed by atoms with Crippen molar-refractivity contribution in [2.45, 2.75) is 30.9 Å². The molecule has 0 saturated carbocycles. The summed E-state index contributed by atoms with van der Waals surface area (Å²) in [5.74, 6) is 1.08. The van der Waals surface area contributed by atoms with E-state index >= 15 is 0 Å². The van der Waals surface area contributed by atoms with Crippen molar-refractivity contribution in [1.82, 2.24) is 9.97 Å². The second kappa shape index (κ2) is 10.5. The van der Waals surface area contributed by atoms with E-state index in [0.717, 1.165) is 0 Å². The van der Waals surface area contributed by atoms with Crippen LogP contribution >= 0.6 is 11.8 Å². The van der Waals surface area contributed by atoms with E-state index in [1.807, 2.05) is 49.4 Å². The van der Waals surface area contributed by atoms with Crippen LogP contribution in [0.4, 0.5) is 5.69 Å². The van der Waals surface area contributed by atoms with Gasteiger partial charge in [-0.25, -0.2) is 4.98 Å². The minimum Gasteiger partial charge on any atom is -0.492 e. The fourth-order valence-electron chi connectivity index (χ4n) is 2.59. The van der Waals surface area contributed by atoms with Gasteiger partial charge in [0.25, 0.3) is 5.56 Å². The van der Waals surface area contributed by atoms with Gasteiger partial charge in [0.1, 0.15) is 18.1 Å². The minimum atomic E-state index is -0.492. The molecule has 3 rings (SSSR count).